The number of urea groups is 1. The molecule has 1 aliphatic heterocycles. The van der Waals surface area contributed by atoms with Crippen LogP contribution in [-0.4, -0.2) is 35.5 Å². The molecule has 8 nitrogen and oxygen atoms in total. The van der Waals surface area contributed by atoms with Gasteiger partial charge in [-0.3, -0.25) is 14.9 Å². The molecule has 0 saturated carbocycles. The summed E-state index contributed by atoms with van der Waals surface area (Å²) in [6, 6.07) is 10.7. The lowest BCUT2D eigenvalue weighted by Crippen LogP contribution is -2.54. The molecule has 0 bridgehead atoms. The summed E-state index contributed by atoms with van der Waals surface area (Å²) in [6.07, 6.45) is 2.06. The standard InChI is InChI=1S/C21H17BrN2O6/c1-2-12-3-6-15(7-4-12)24-20(28)16(19(27)23-21(24)29)10-13-9-14(22)5-8-17(13)30-11-18(25)26/h3-10H,2,11H2,1H3,(H,25,26)(H,23,27,29)/b16-10-. The molecule has 3 rings (SSSR count). The first kappa shape index (κ1) is 21.3. The highest BCUT2D eigenvalue weighted by Crippen LogP contribution is 2.28. The number of hydrogen-bond acceptors (Lipinski definition) is 5. The van der Waals surface area contributed by atoms with Gasteiger partial charge in [0, 0.05) is 10.0 Å². The Bertz CT molecular complexity index is 1060. The number of amides is 4. The molecule has 0 radical (unpaired) electrons. The number of aryl methyl sites for hydroxylation is 1. The van der Waals surface area contributed by atoms with Crippen LogP contribution in [0.15, 0.2) is 52.5 Å². The van der Waals surface area contributed by atoms with Gasteiger partial charge in [-0.25, -0.2) is 14.5 Å². The van der Waals surface area contributed by atoms with Gasteiger partial charge in [-0.05, 0) is 48.4 Å². The quantitative estimate of drug-likeness (QED) is 0.493. The number of hydrogen-bond donors (Lipinski definition) is 2. The van der Waals surface area contributed by atoms with Crippen molar-refractivity contribution in [1.29, 1.82) is 0 Å². The molecule has 2 aromatic carbocycles. The maximum absolute atomic E-state index is 13.0. The van der Waals surface area contributed by atoms with Gasteiger partial charge in [0.25, 0.3) is 11.8 Å². The van der Waals surface area contributed by atoms with Crippen molar-refractivity contribution < 1.29 is 29.0 Å². The van der Waals surface area contributed by atoms with Crippen LogP contribution >= 0.6 is 15.9 Å². The van der Waals surface area contributed by atoms with E-state index < -0.39 is 30.4 Å². The number of anilines is 1. The van der Waals surface area contributed by atoms with E-state index in [4.69, 9.17) is 9.84 Å². The maximum Gasteiger partial charge on any atom is 0.341 e. The smallest absolute Gasteiger partial charge is 0.341 e. The molecule has 2 N–H and O–H groups in total. The molecular formula is C21H17BrN2O6. The van der Waals surface area contributed by atoms with Crippen LogP contribution in [-0.2, 0) is 20.8 Å². The first-order valence-electron chi connectivity index (χ1n) is 8.94. The Morgan fingerprint density at radius 2 is 1.87 bits per heavy atom. The zero-order valence-corrected chi connectivity index (χ0v) is 17.4. The van der Waals surface area contributed by atoms with Crippen molar-refractivity contribution in [2.75, 3.05) is 11.5 Å². The van der Waals surface area contributed by atoms with Crippen molar-refractivity contribution >= 4 is 51.5 Å². The van der Waals surface area contributed by atoms with E-state index in [1.807, 2.05) is 6.92 Å². The number of benzene rings is 2. The third kappa shape index (κ3) is 4.57. The van der Waals surface area contributed by atoms with Gasteiger partial charge in [-0.15, -0.1) is 0 Å². The predicted molar refractivity (Wildman–Crippen MR) is 112 cm³/mol. The van der Waals surface area contributed by atoms with Crippen LogP contribution < -0.4 is 15.0 Å². The summed E-state index contributed by atoms with van der Waals surface area (Å²) in [6.45, 7) is 1.39. The number of carbonyl (C=O) groups is 4. The third-order valence-corrected chi connectivity index (χ3v) is 4.82. The summed E-state index contributed by atoms with van der Waals surface area (Å²) >= 11 is 3.29. The minimum Gasteiger partial charge on any atom is -0.481 e. The number of ether oxygens (including phenoxy) is 1. The molecule has 30 heavy (non-hydrogen) atoms. The van der Waals surface area contributed by atoms with E-state index >= 15 is 0 Å². The monoisotopic (exact) mass is 472 g/mol. The number of rotatable bonds is 6. The molecule has 2 aromatic rings. The number of carboxylic acids is 1. The lowest BCUT2D eigenvalue weighted by atomic mass is 10.1. The van der Waals surface area contributed by atoms with Gasteiger partial charge in [-0.1, -0.05) is 35.0 Å². The van der Waals surface area contributed by atoms with Crippen molar-refractivity contribution in [2.45, 2.75) is 13.3 Å². The van der Waals surface area contributed by atoms with Crippen molar-refractivity contribution in [1.82, 2.24) is 5.32 Å². The van der Waals surface area contributed by atoms with Gasteiger partial charge in [0.2, 0.25) is 0 Å². The van der Waals surface area contributed by atoms with Crippen LogP contribution in [0, 0.1) is 0 Å². The molecule has 4 amide bonds. The Hall–Kier alpha value is -3.46. The van der Waals surface area contributed by atoms with Crippen LogP contribution in [0.5, 0.6) is 5.75 Å². The Morgan fingerprint density at radius 3 is 2.50 bits per heavy atom. The fraction of sp³-hybridized carbons (Fsp3) is 0.143. The molecule has 1 aliphatic rings. The third-order valence-electron chi connectivity index (χ3n) is 4.33. The molecule has 0 aliphatic carbocycles. The SMILES string of the molecule is CCc1ccc(N2C(=O)NC(=O)/C(=C/c3cc(Br)ccc3OCC(=O)O)C2=O)cc1. The first-order valence-corrected chi connectivity index (χ1v) is 9.74. The van der Waals surface area contributed by atoms with Gasteiger partial charge in [0.15, 0.2) is 6.61 Å². The van der Waals surface area contributed by atoms with E-state index in [0.717, 1.165) is 16.9 Å². The van der Waals surface area contributed by atoms with Gasteiger partial charge in [0.05, 0.1) is 5.69 Å². The van der Waals surface area contributed by atoms with E-state index in [-0.39, 0.29) is 11.3 Å². The largest absolute Gasteiger partial charge is 0.481 e. The van der Waals surface area contributed by atoms with Crippen molar-refractivity contribution in [2.24, 2.45) is 0 Å². The van der Waals surface area contributed by atoms with E-state index in [9.17, 15) is 19.2 Å². The van der Waals surface area contributed by atoms with Gasteiger partial charge < -0.3 is 9.84 Å². The molecular weight excluding hydrogens is 456 g/mol. The van der Waals surface area contributed by atoms with Crippen molar-refractivity contribution in [3.63, 3.8) is 0 Å². The van der Waals surface area contributed by atoms with Crippen molar-refractivity contribution in [3.8, 4) is 5.75 Å². The van der Waals surface area contributed by atoms with Crippen LogP contribution in [0.1, 0.15) is 18.1 Å². The molecule has 9 heteroatoms. The summed E-state index contributed by atoms with van der Waals surface area (Å²) in [5.74, 6) is -2.65. The number of halogens is 1. The van der Waals surface area contributed by atoms with Gasteiger partial charge >= 0.3 is 12.0 Å². The highest BCUT2D eigenvalue weighted by Gasteiger charge is 2.37. The molecule has 154 valence electrons. The fourth-order valence-corrected chi connectivity index (χ4v) is 3.21. The number of nitrogens with zero attached hydrogens (tertiary/aromatic N) is 1. The zero-order chi connectivity index (χ0) is 21.8. The predicted octanol–water partition coefficient (Wildman–Crippen LogP) is 3.14. The Morgan fingerprint density at radius 1 is 1.17 bits per heavy atom. The first-order chi connectivity index (χ1) is 14.3. The number of carbonyl (C=O) groups excluding carboxylic acids is 3. The number of barbiturate groups is 1. The maximum atomic E-state index is 13.0. The second kappa shape index (κ2) is 8.91. The number of imide groups is 2. The van der Waals surface area contributed by atoms with E-state index in [1.165, 1.54) is 12.1 Å². The number of aliphatic carboxylic acids is 1. The Kier molecular flexibility index (Phi) is 6.31. The average molecular weight is 473 g/mol. The lowest BCUT2D eigenvalue weighted by Gasteiger charge is -2.26. The summed E-state index contributed by atoms with van der Waals surface area (Å²) in [4.78, 5) is 49.4. The minimum absolute atomic E-state index is 0.171. The van der Waals surface area contributed by atoms with Crippen molar-refractivity contribution in [3.05, 3.63) is 63.6 Å². The zero-order valence-electron chi connectivity index (χ0n) is 15.8. The van der Waals surface area contributed by atoms with Gasteiger partial charge in [0.1, 0.15) is 11.3 Å². The molecule has 1 heterocycles. The second-order valence-electron chi connectivity index (χ2n) is 6.34. The molecule has 1 fully saturated rings. The van der Waals surface area contributed by atoms with Crippen LogP contribution in [0.2, 0.25) is 0 Å². The normalized spacial score (nSPS) is 15.3. The Balaban J connectivity index is 2.00. The summed E-state index contributed by atoms with van der Waals surface area (Å²) in [5, 5.41) is 11.0. The summed E-state index contributed by atoms with van der Waals surface area (Å²) in [5.41, 5.74) is 1.38. The topological polar surface area (TPSA) is 113 Å². The molecule has 0 atom stereocenters. The van der Waals surface area contributed by atoms with Crippen LogP contribution in [0.3, 0.4) is 0 Å². The van der Waals surface area contributed by atoms with E-state index in [0.29, 0.717) is 15.7 Å². The van der Waals surface area contributed by atoms with Gasteiger partial charge in [-0.2, -0.15) is 0 Å². The van der Waals surface area contributed by atoms with Crippen LogP contribution in [0.25, 0.3) is 6.08 Å². The van der Waals surface area contributed by atoms with Crippen LogP contribution in [0.4, 0.5) is 10.5 Å². The minimum atomic E-state index is -1.17. The highest BCUT2D eigenvalue weighted by molar-refractivity contribution is 9.10. The summed E-state index contributed by atoms with van der Waals surface area (Å²) in [7, 11) is 0. The van der Waals surface area contributed by atoms with E-state index in [1.54, 1.807) is 36.4 Å². The summed E-state index contributed by atoms with van der Waals surface area (Å²) < 4.78 is 5.86. The van der Waals surface area contributed by atoms with E-state index in [2.05, 4.69) is 21.2 Å². The fourth-order valence-electron chi connectivity index (χ4n) is 2.83. The molecule has 0 aromatic heterocycles. The highest BCUT2D eigenvalue weighted by atomic mass is 79.9. The Labute approximate surface area is 180 Å². The number of carboxylic acid groups (broad SMARTS) is 1. The lowest BCUT2D eigenvalue weighted by molar-refractivity contribution is -0.139. The average Bonchev–Trinajstić information content (AvgIpc) is 2.70. The molecule has 0 unspecified atom stereocenters. The molecule has 1 saturated heterocycles. The number of nitrogens with one attached hydrogen (secondary N) is 1. The molecule has 0 spiro atoms. The second-order valence-corrected chi connectivity index (χ2v) is 7.26.